The Morgan fingerprint density at radius 3 is 2.32 bits per heavy atom. The third-order valence-electron chi connectivity index (χ3n) is 4.34. The zero-order valence-electron chi connectivity index (χ0n) is 11.4. The largest absolute Gasteiger partial charge is 0.392 e. The Kier molecular flexibility index (Phi) is 4.49. The summed E-state index contributed by atoms with van der Waals surface area (Å²) >= 11 is 5.09. The lowest BCUT2D eigenvalue weighted by molar-refractivity contribution is 0.281. The van der Waals surface area contributed by atoms with Gasteiger partial charge in [-0.05, 0) is 31.6 Å². The van der Waals surface area contributed by atoms with Crippen LogP contribution in [0.3, 0.4) is 0 Å². The smallest absolute Gasteiger partial charge is 0.280 e. The molecule has 19 heavy (non-hydrogen) atoms. The lowest BCUT2D eigenvalue weighted by atomic mass is 10.00. The molecule has 1 saturated carbocycles. The number of nitrogens with zero attached hydrogens (tertiary/aromatic N) is 1. The summed E-state index contributed by atoms with van der Waals surface area (Å²) in [5.74, 6) is 0.600. The zero-order chi connectivity index (χ0) is 14.1. The average Bonchev–Trinajstić information content (AvgIpc) is 2.78. The number of hydrogen-bond donors (Lipinski definition) is 2. The van der Waals surface area contributed by atoms with Gasteiger partial charge < -0.3 is 5.73 Å². The van der Waals surface area contributed by atoms with E-state index in [4.69, 9.17) is 18.0 Å². The number of piperidine rings is 1. The molecule has 1 aliphatic heterocycles. The van der Waals surface area contributed by atoms with Crippen molar-refractivity contribution in [3.63, 3.8) is 0 Å². The van der Waals surface area contributed by atoms with Gasteiger partial charge >= 0.3 is 0 Å². The summed E-state index contributed by atoms with van der Waals surface area (Å²) in [6.45, 7) is 3.33. The summed E-state index contributed by atoms with van der Waals surface area (Å²) in [4.78, 5) is 0.277. The highest BCUT2D eigenvalue weighted by molar-refractivity contribution is 7.87. The number of rotatable bonds is 4. The first kappa shape index (κ1) is 15.2. The van der Waals surface area contributed by atoms with Crippen LogP contribution in [-0.4, -0.2) is 36.3 Å². The lowest BCUT2D eigenvalue weighted by Crippen LogP contribution is -2.58. The van der Waals surface area contributed by atoms with Gasteiger partial charge in [0.15, 0.2) is 0 Å². The maximum absolute atomic E-state index is 12.5. The van der Waals surface area contributed by atoms with Crippen molar-refractivity contribution in [1.82, 2.24) is 9.03 Å². The Morgan fingerprint density at radius 2 is 1.84 bits per heavy atom. The highest BCUT2D eigenvalue weighted by Gasteiger charge is 2.42. The van der Waals surface area contributed by atoms with Gasteiger partial charge in [-0.2, -0.15) is 17.4 Å². The maximum Gasteiger partial charge on any atom is 0.280 e. The second-order valence-electron chi connectivity index (χ2n) is 5.84. The van der Waals surface area contributed by atoms with E-state index in [1.807, 2.05) is 0 Å². The highest BCUT2D eigenvalue weighted by Crippen LogP contribution is 2.31. The number of hydrogen-bond acceptors (Lipinski definition) is 3. The molecule has 2 rings (SSSR count). The van der Waals surface area contributed by atoms with Gasteiger partial charge in [0.25, 0.3) is 10.2 Å². The van der Waals surface area contributed by atoms with Crippen molar-refractivity contribution >= 4 is 27.4 Å². The predicted molar refractivity (Wildman–Crippen MR) is 80.0 cm³/mol. The Labute approximate surface area is 121 Å². The van der Waals surface area contributed by atoms with Gasteiger partial charge in [-0.1, -0.05) is 32.0 Å². The molecule has 0 amide bonds. The minimum atomic E-state index is -3.48. The number of thiocarbonyl (C=S) groups is 1. The number of nitrogens with one attached hydrogen (secondary N) is 1. The van der Waals surface area contributed by atoms with Crippen LogP contribution in [0.5, 0.6) is 0 Å². The third kappa shape index (κ3) is 3.26. The fraction of sp³-hybridized carbons (Fsp3) is 0.917. The molecule has 7 heteroatoms. The molecule has 1 heterocycles. The minimum Gasteiger partial charge on any atom is -0.392 e. The Morgan fingerprint density at radius 1 is 1.32 bits per heavy atom. The van der Waals surface area contributed by atoms with Crippen LogP contribution in [0.25, 0.3) is 0 Å². The normalized spacial score (nSPS) is 25.5. The topological polar surface area (TPSA) is 75.4 Å². The molecule has 0 radical (unpaired) electrons. The second-order valence-corrected chi connectivity index (χ2v) is 7.95. The summed E-state index contributed by atoms with van der Waals surface area (Å²) in [5.41, 5.74) is 5.08. The zero-order valence-corrected chi connectivity index (χ0v) is 13.0. The van der Waals surface area contributed by atoms with E-state index in [-0.39, 0.29) is 4.99 Å². The molecule has 0 aromatic heterocycles. The molecule has 3 N–H and O–H groups in total. The Hall–Kier alpha value is -0.240. The Balaban J connectivity index is 2.10. The first-order chi connectivity index (χ1) is 8.86. The molecule has 110 valence electrons. The second kappa shape index (κ2) is 5.63. The molecule has 0 bridgehead atoms. The SMILES string of the molecule is CC1CCN(S(=O)(=O)NC2(C(N)=S)CCCC2)CC1. The van der Waals surface area contributed by atoms with Gasteiger partial charge in [-0.3, -0.25) is 0 Å². The van der Waals surface area contributed by atoms with Crippen LogP contribution in [-0.2, 0) is 10.2 Å². The molecular formula is C12H23N3O2S2. The van der Waals surface area contributed by atoms with Gasteiger partial charge in [-0.25, -0.2) is 0 Å². The van der Waals surface area contributed by atoms with E-state index in [0.29, 0.717) is 31.8 Å². The summed E-state index contributed by atoms with van der Waals surface area (Å²) in [7, 11) is -3.48. The summed E-state index contributed by atoms with van der Waals surface area (Å²) in [6.07, 6.45) is 5.20. The molecule has 0 aromatic carbocycles. The van der Waals surface area contributed by atoms with Gasteiger partial charge in [0, 0.05) is 13.1 Å². The van der Waals surface area contributed by atoms with Crippen molar-refractivity contribution in [2.24, 2.45) is 11.7 Å². The van der Waals surface area contributed by atoms with Gasteiger partial charge in [-0.15, -0.1) is 0 Å². The monoisotopic (exact) mass is 305 g/mol. The maximum atomic E-state index is 12.5. The quantitative estimate of drug-likeness (QED) is 0.764. The van der Waals surface area contributed by atoms with Gasteiger partial charge in [0.05, 0.1) is 10.5 Å². The van der Waals surface area contributed by atoms with Crippen LogP contribution in [0.1, 0.15) is 45.4 Å². The van der Waals surface area contributed by atoms with E-state index in [1.54, 1.807) is 0 Å². The minimum absolute atomic E-state index is 0.277. The van der Waals surface area contributed by atoms with E-state index in [1.165, 1.54) is 4.31 Å². The van der Waals surface area contributed by atoms with E-state index in [2.05, 4.69) is 11.6 Å². The molecule has 5 nitrogen and oxygen atoms in total. The van der Waals surface area contributed by atoms with Gasteiger partial charge in [0.1, 0.15) is 0 Å². The molecule has 1 saturated heterocycles. The van der Waals surface area contributed by atoms with Crippen molar-refractivity contribution in [3.8, 4) is 0 Å². The van der Waals surface area contributed by atoms with Crippen LogP contribution in [0.4, 0.5) is 0 Å². The molecule has 2 fully saturated rings. The molecule has 2 aliphatic rings. The van der Waals surface area contributed by atoms with Crippen molar-refractivity contribution < 1.29 is 8.42 Å². The molecule has 0 atom stereocenters. The van der Waals surface area contributed by atoms with Crippen molar-refractivity contribution in [2.45, 2.75) is 51.0 Å². The standard InChI is InChI=1S/C12H23N3O2S2/c1-10-4-8-15(9-5-10)19(16,17)14-12(11(13)18)6-2-3-7-12/h10,14H,2-9H2,1H3,(H2,13,18). The molecule has 1 aliphatic carbocycles. The van der Waals surface area contributed by atoms with Gasteiger partial charge in [0.2, 0.25) is 0 Å². The highest BCUT2D eigenvalue weighted by atomic mass is 32.2. The lowest BCUT2D eigenvalue weighted by Gasteiger charge is -2.35. The molecule has 0 unspecified atom stereocenters. The number of nitrogens with two attached hydrogens (primary N) is 1. The predicted octanol–water partition coefficient (Wildman–Crippen LogP) is 1.15. The van der Waals surface area contributed by atoms with E-state index in [9.17, 15) is 8.42 Å². The summed E-state index contributed by atoms with van der Waals surface area (Å²) in [5, 5.41) is 0. The first-order valence-corrected chi connectivity index (χ1v) is 8.79. The third-order valence-corrected chi connectivity index (χ3v) is 6.42. The van der Waals surface area contributed by atoms with Crippen molar-refractivity contribution in [1.29, 1.82) is 0 Å². The molecule has 0 aromatic rings. The van der Waals surface area contributed by atoms with Crippen molar-refractivity contribution in [3.05, 3.63) is 0 Å². The van der Waals surface area contributed by atoms with Crippen LogP contribution >= 0.6 is 12.2 Å². The Bertz CT molecular complexity index is 436. The van der Waals surface area contributed by atoms with Crippen LogP contribution < -0.4 is 10.5 Å². The molecule has 0 spiro atoms. The molecular weight excluding hydrogens is 282 g/mol. The fourth-order valence-electron chi connectivity index (χ4n) is 2.91. The van der Waals surface area contributed by atoms with Crippen LogP contribution in [0.2, 0.25) is 0 Å². The van der Waals surface area contributed by atoms with Crippen LogP contribution in [0, 0.1) is 5.92 Å². The van der Waals surface area contributed by atoms with Crippen molar-refractivity contribution in [2.75, 3.05) is 13.1 Å². The first-order valence-electron chi connectivity index (χ1n) is 6.95. The van der Waals surface area contributed by atoms with Crippen LogP contribution in [0.15, 0.2) is 0 Å². The summed E-state index contributed by atoms with van der Waals surface area (Å²) < 4.78 is 29.2. The summed E-state index contributed by atoms with van der Waals surface area (Å²) in [6, 6.07) is 0. The van der Waals surface area contributed by atoms with E-state index < -0.39 is 15.7 Å². The fourth-order valence-corrected chi connectivity index (χ4v) is 4.86. The average molecular weight is 305 g/mol. The van der Waals surface area contributed by atoms with E-state index >= 15 is 0 Å². The van der Waals surface area contributed by atoms with E-state index in [0.717, 1.165) is 25.7 Å².